The van der Waals surface area contributed by atoms with Crippen LogP contribution >= 0.6 is 0 Å². The Labute approximate surface area is 247 Å². The number of hydrogen-bond donors (Lipinski definition) is 0. The fraction of sp³-hybridized carbons (Fsp3) is 0.588. The molecule has 5 aliphatic rings. The Balaban J connectivity index is 0.000000221. The maximum Gasteiger partial charge on any atom is 0.0134 e. The minimum Gasteiger partial charge on any atom is -1.00 e. The molecule has 4 heteroatoms. The number of anilines is 1. The SMILES string of the molecule is CC(C)Oc1ccccc1[CH]=[Ru+].Cc1cc(C)c(N2[CH-]C3(CC2(C)C)C2CC4CC(C2)CC3C4)c(C)c1.[Cl-]. The van der Waals surface area contributed by atoms with Crippen LogP contribution in [0.1, 0.15) is 88.5 Å². The Morgan fingerprint density at radius 3 is 2.03 bits per heavy atom. The van der Waals surface area contributed by atoms with Gasteiger partial charge < -0.3 is 17.3 Å². The average molecular weight is 621 g/mol. The summed E-state index contributed by atoms with van der Waals surface area (Å²) < 4.78 is 7.58. The standard InChI is InChI=1S/C24H34N.C10H12O.ClH.Ru/c1-15-6-16(2)22(17(3)7-15)25-14-24(13-23(25,4)5)20-9-18-8-19(11-20)12-21(24)10-18;1-8(2)11-10-7-5-4-6-9(10)3;;/h6-7,14,18-21H,8-13H2,1-5H3;3-8H,1-2H3;1H;/q-1;;;+1/p-1. The number of ether oxygens (including phenoxy) is 1. The van der Waals surface area contributed by atoms with Gasteiger partial charge in [0.15, 0.2) is 0 Å². The number of hydrogen-bond acceptors (Lipinski definition) is 2. The third kappa shape index (κ3) is 5.54. The van der Waals surface area contributed by atoms with Gasteiger partial charge in [-0.3, -0.25) is 0 Å². The molecule has 0 amide bonds. The third-order valence-corrected chi connectivity index (χ3v) is 10.2. The van der Waals surface area contributed by atoms with E-state index >= 15 is 0 Å². The molecule has 4 saturated carbocycles. The minimum atomic E-state index is 0. The number of rotatable bonds is 4. The van der Waals surface area contributed by atoms with E-state index in [2.05, 4.69) is 76.0 Å². The van der Waals surface area contributed by atoms with E-state index in [1.165, 1.54) is 54.5 Å². The average Bonchev–Trinajstić information content (AvgIpc) is 3.08. The van der Waals surface area contributed by atoms with Gasteiger partial charge in [0.25, 0.3) is 0 Å². The van der Waals surface area contributed by atoms with Crippen molar-refractivity contribution in [3.8, 4) is 5.75 Å². The Hall–Kier alpha value is -1.18. The monoisotopic (exact) mass is 621 g/mol. The summed E-state index contributed by atoms with van der Waals surface area (Å²) in [4.78, 5) is 2.71. The van der Waals surface area contributed by atoms with Crippen LogP contribution in [0.25, 0.3) is 0 Å². The van der Waals surface area contributed by atoms with Crippen molar-refractivity contribution in [1.29, 1.82) is 0 Å². The summed E-state index contributed by atoms with van der Waals surface area (Å²) in [7, 11) is 0. The van der Waals surface area contributed by atoms with Crippen molar-refractivity contribution in [2.75, 3.05) is 4.90 Å². The molecular formula is C34H46ClNORu-. The third-order valence-electron chi connectivity index (χ3n) is 9.69. The molecule has 0 atom stereocenters. The molecule has 1 heterocycles. The molecule has 2 aromatic carbocycles. The summed E-state index contributed by atoms with van der Waals surface area (Å²) in [6, 6.07) is 12.7. The number of aryl methyl sites for hydroxylation is 3. The molecule has 1 saturated heterocycles. The van der Waals surface area contributed by atoms with Gasteiger partial charge in [-0.1, -0.05) is 36.0 Å². The van der Waals surface area contributed by atoms with Crippen LogP contribution in [0.4, 0.5) is 5.69 Å². The zero-order chi connectivity index (χ0) is 26.5. The molecule has 2 aromatic rings. The first-order chi connectivity index (χ1) is 17.5. The van der Waals surface area contributed by atoms with E-state index < -0.39 is 0 Å². The van der Waals surface area contributed by atoms with E-state index in [4.69, 9.17) is 4.74 Å². The van der Waals surface area contributed by atoms with Crippen molar-refractivity contribution < 1.29 is 35.0 Å². The van der Waals surface area contributed by atoms with Crippen LogP contribution in [0.2, 0.25) is 0 Å². The number of para-hydroxylation sites is 1. The molecule has 4 aliphatic carbocycles. The maximum atomic E-state index is 5.59. The van der Waals surface area contributed by atoms with Crippen molar-refractivity contribution in [3.05, 3.63) is 65.2 Å². The van der Waals surface area contributed by atoms with Crippen LogP contribution < -0.4 is 22.0 Å². The molecule has 0 radical (unpaired) electrons. The van der Waals surface area contributed by atoms with Crippen LogP contribution in [0.5, 0.6) is 5.75 Å². The van der Waals surface area contributed by atoms with Gasteiger partial charge >= 0.3 is 82.7 Å². The van der Waals surface area contributed by atoms with Gasteiger partial charge in [0.05, 0.1) is 0 Å². The van der Waals surface area contributed by atoms with Crippen molar-refractivity contribution in [3.63, 3.8) is 0 Å². The van der Waals surface area contributed by atoms with Gasteiger partial charge in [-0.2, -0.15) is 0 Å². The molecule has 209 valence electrons. The van der Waals surface area contributed by atoms with E-state index in [0.29, 0.717) is 5.41 Å². The van der Waals surface area contributed by atoms with E-state index in [9.17, 15) is 0 Å². The molecule has 38 heavy (non-hydrogen) atoms. The smallest absolute Gasteiger partial charge is 0.0134 e. The fourth-order valence-electron chi connectivity index (χ4n) is 8.70. The van der Waals surface area contributed by atoms with Crippen LogP contribution in [-0.4, -0.2) is 16.3 Å². The molecule has 1 aliphatic heterocycles. The molecule has 1 spiro atoms. The first kappa shape index (κ1) is 29.8. The van der Waals surface area contributed by atoms with Crippen molar-refractivity contribution >= 4 is 10.3 Å². The van der Waals surface area contributed by atoms with Crippen molar-refractivity contribution in [1.82, 2.24) is 0 Å². The molecule has 7 rings (SSSR count). The fourth-order valence-corrected chi connectivity index (χ4v) is 9.12. The van der Waals surface area contributed by atoms with Gasteiger partial charge in [0.1, 0.15) is 0 Å². The first-order valence-electron chi connectivity index (χ1n) is 14.4. The second kappa shape index (κ2) is 11.4. The molecular weight excluding hydrogens is 575 g/mol. The summed E-state index contributed by atoms with van der Waals surface area (Å²) in [5.41, 5.74) is 7.62. The molecule has 2 nitrogen and oxygen atoms in total. The van der Waals surface area contributed by atoms with Gasteiger partial charge in [-0.15, -0.1) is 5.41 Å². The van der Waals surface area contributed by atoms with E-state index in [0.717, 1.165) is 35.0 Å². The zero-order valence-electron chi connectivity index (χ0n) is 24.3. The zero-order valence-corrected chi connectivity index (χ0v) is 26.8. The van der Waals surface area contributed by atoms with Gasteiger partial charge in [0.2, 0.25) is 0 Å². The summed E-state index contributed by atoms with van der Waals surface area (Å²) in [6.45, 7) is 18.6. The van der Waals surface area contributed by atoms with E-state index in [1.54, 1.807) is 6.42 Å². The predicted octanol–water partition coefficient (Wildman–Crippen LogP) is 5.38. The van der Waals surface area contributed by atoms with Crippen LogP contribution in [0.15, 0.2) is 36.4 Å². The Morgan fingerprint density at radius 2 is 1.50 bits per heavy atom. The van der Waals surface area contributed by atoms with E-state index in [1.807, 2.05) is 42.7 Å². The molecule has 4 bridgehead atoms. The van der Waals surface area contributed by atoms with Gasteiger partial charge in [-0.05, 0) is 89.7 Å². The summed E-state index contributed by atoms with van der Waals surface area (Å²) in [5, 5.41) is 0. The number of benzene rings is 2. The second-order valence-electron chi connectivity index (χ2n) is 13.5. The maximum absolute atomic E-state index is 5.59. The normalized spacial score (nSPS) is 30.2. The van der Waals surface area contributed by atoms with Crippen molar-refractivity contribution in [2.45, 2.75) is 98.6 Å². The van der Waals surface area contributed by atoms with Crippen LogP contribution in [-0.2, 0) is 17.9 Å². The van der Waals surface area contributed by atoms with Gasteiger partial charge in [-0.25, -0.2) is 6.54 Å². The topological polar surface area (TPSA) is 12.5 Å². The molecule has 0 aromatic heterocycles. The number of nitrogens with zero attached hydrogens (tertiary/aromatic N) is 1. The Bertz CT molecular complexity index is 1100. The molecule has 0 N–H and O–H groups in total. The molecule has 0 unspecified atom stereocenters. The van der Waals surface area contributed by atoms with Crippen LogP contribution in [0.3, 0.4) is 0 Å². The summed E-state index contributed by atoms with van der Waals surface area (Å²) in [6.07, 6.45) is 9.20. The summed E-state index contributed by atoms with van der Waals surface area (Å²) in [5.74, 6) is 4.98. The number of halogens is 1. The van der Waals surface area contributed by atoms with Crippen molar-refractivity contribution in [2.24, 2.45) is 29.1 Å². The largest absolute Gasteiger partial charge is 1.00 e. The quantitative estimate of drug-likeness (QED) is 0.336. The Morgan fingerprint density at radius 1 is 0.947 bits per heavy atom. The summed E-state index contributed by atoms with van der Waals surface area (Å²) >= 11 is 2.49. The molecule has 5 fully saturated rings. The first-order valence-corrected chi connectivity index (χ1v) is 15.4. The minimum absolute atomic E-state index is 0. The van der Waals surface area contributed by atoms with Crippen LogP contribution in [0, 0.1) is 56.4 Å². The predicted molar refractivity (Wildman–Crippen MR) is 153 cm³/mol. The second-order valence-corrected chi connectivity index (χ2v) is 14.0. The van der Waals surface area contributed by atoms with Gasteiger partial charge in [0, 0.05) is 11.2 Å². The Kier molecular flexibility index (Phi) is 8.91. The van der Waals surface area contributed by atoms with E-state index in [-0.39, 0.29) is 24.0 Å².